The van der Waals surface area contributed by atoms with Crippen LogP contribution in [0.2, 0.25) is 0 Å². The minimum atomic E-state index is -0.967. The van der Waals surface area contributed by atoms with E-state index in [4.69, 9.17) is 5.73 Å². The zero-order valence-corrected chi connectivity index (χ0v) is 18.4. The monoisotopic (exact) mass is 457 g/mol. The lowest BCUT2D eigenvalue weighted by atomic mass is 10.1. The molecule has 0 aliphatic heterocycles. The van der Waals surface area contributed by atoms with Crippen LogP contribution >= 0.6 is 0 Å². The Kier molecular flexibility index (Phi) is 5.41. The van der Waals surface area contributed by atoms with Gasteiger partial charge in [-0.1, -0.05) is 48.0 Å². The number of imidazole rings is 1. The minimum Gasteiger partial charge on any atom is -0.369 e. The van der Waals surface area contributed by atoms with Gasteiger partial charge in [0.15, 0.2) is 11.6 Å². The predicted octanol–water partition coefficient (Wildman–Crippen LogP) is 4.53. The molecule has 0 bridgehead atoms. The van der Waals surface area contributed by atoms with Crippen molar-refractivity contribution in [3.05, 3.63) is 111 Å². The first-order chi connectivity index (χ1) is 16.4. The van der Waals surface area contributed by atoms with Crippen LogP contribution in [-0.4, -0.2) is 19.3 Å². The smallest absolute Gasteiger partial charge is 0.267 e. The van der Waals surface area contributed by atoms with Crippen LogP contribution in [0.5, 0.6) is 0 Å². The maximum atomic E-state index is 13.8. The second-order valence-electron chi connectivity index (χ2n) is 8.22. The molecule has 34 heavy (non-hydrogen) atoms. The molecular weight excluding hydrogens is 436 g/mol. The van der Waals surface area contributed by atoms with E-state index in [1.165, 1.54) is 10.7 Å². The van der Waals surface area contributed by atoms with Crippen molar-refractivity contribution in [1.82, 2.24) is 19.3 Å². The lowest BCUT2D eigenvalue weighted by Crippen LogP contribution is -2.22. The Morgan fingerprint density at radius 3 is 2.41 bits per heavy atom. The first-order valence-corrected chi connectivity index (χ1v) is 10.7. The number of hydrogen-bond acceptors (Lipinski definition) is 4. The number of hydrogen-bond donors (Lipinski definition) is 1. The Morgan fingerprint density at radius 1 is 0.882 bits per heavy atom. The number of fused-ring (bicyclic) bond motifs is 1. The average molecular weight is 457 g/mol. The molecule has 5 rings (SSSR count). The molecule has 0 fully saturated rings. The number of aryl methyl sites for hydroxylation is 1. The summed E-state index contributed by atoms with van der Waals surface area (Å²) in [7, 11) is 0. The van der Waals surface area contributed by atoms with Gasteiger partial charge in [0.25, 0.3) is 5.56 Å². The zero-order valence-electron chi connectivity index (χ0n) is 18.4. The van der Waals surface area contributed by atoms with Crippen LogP contribution in [0, 0.1) is 18.6 Å². The van der Waals surface area contributed by atoms with Crippen molar-refractivity contribution < 1.29 is 8.78 Å². The molecule has 6 nitrogen and oxygen atoms in total. The molecule has 170 valence electrons. The third kappa shape index (κ3) is 4.17. The molecule has 0 aliphatic rings. The summed E-state index contributed by atoms with van der Waals surface area (Å²) in [4.78, 5) is 16.5. The molecule has 2 N–H and O–H groups in total. The Bertz CT molecular complexity index is 1590. The van der Waals surface area contributed by atoms with Crippen molar-refractivity contribution in [2.75, 3.05) is 5.73 Å². The van der Waals surface area contributed by atoms with Gasteiger partial charge in [-0.2, -0.15) is 5.10 Å². The molecule has 0 spiro atoms. The lowest BCUT2D eigenvalue weighted by molar-refractivity contribution is 0.510. The number of anilines is 1. The Hall–Kier alpha value is -4.33. The van der Waals surface area contributed by atoms with Gasteiger partial charge in [-0.05, 0) is 30.2 Å². The van der Waals surface area contributed by atoms with E-state index < -0.39 is 11.6 Å². The summed E-state index contributed by atoms with van der Waals surface area (Å²) < 4.78 is 30.5. The van der Waals surface area contributed by atoms with Crippen LogP contribution in [0.4, 0.5) is 14.7 Å². The molecular formula is C26H21F2N5O. The maximum Gasteiger partial charge on any atom is 0.267 e. The number of nitrogens with zero attached hydrogens (tertiary/aromatic N) is 4. The predicted molar refractivity (Wildman–Crippen MR) is 127 cm³/mol. The van der Waals surface area contributed by atoms with Gasteiger partial charge in [0.2, 0.25) is 5.95 Å². The first kappa shape index (κ1) is 21.5. The fraction of sp³-hybridized carbons (Fsp3) is 0.115. The largest absolute Gasteiger partial charge is 0.369 e. The molecule has 0 radical (unpaired) electrons. The van der Waals surface area contributed by atoms with Crippen molar-refractivity contribution >= 4 is 17.0 Å². The second-order valence-corrected chi connectivity index (χ2v) is 8.22. The van der Waals surface area contributed by atoms with Crippen molar-refractivity contribution in [2.24, 2.45) is 0 Å². The lowest BCUT2D eigenvalue weighted by Gasteiger charge is -2.10. The summed E-state index contributed by atoms with van der Waals surface area (Å²) in [5, 5.41) is 4.56. The third-order valence-corrected chi connectivity index (χ3v) is 5.66. The summed E-state index contributed by atoms with van der Waals surface area (Å²) in [5.41, 5.74) is 11.0. The topological polar surface area (TPSA) is 78.7 Å². The van der Waals surface area contributed by atoms with Crippen LogP contribution in [0.15, 0.2) is 77.6 Å². The molecule has 2 heterocycles. The molecule has 0 aliphatic carbocycles. The number of rotatable bonds is 5. The van der Waals surface area contributed by atoms with E-state index >= 15 is 0 Å². The fourth-order valence-electron chi connectivity index (χ4n) is 4.02. The highest BCUT2D eigenvalue weighted by Gasteiger charge is 2.14. The zero-order chi connectivity index (χ0) is 23.8. The fourth-order valence-corrected chi connectivity index (χ4v) is 4.02. The van der Waals surface area contributed by atoms with E-state index in [-0.39, 0.29) is 17.0 Å². The van der Waals surface area contributed by atoms with E-state index in [9.17, 15) is 13.6 Å². The molecule has 0 atom stereocenters. The highest BCUT2D eigenvalue weighted by atomic mass is 19.2. The summed E-state index contributed by atoms with van der Waals surface area (Å²) in [6, 6.07) is 20.9. The number of nitrogen functional groups attached to an aromatic ring is 1. The van der Waals surface area contributed by atoms with Crippen LogP contribution < -0.4 is 11.3 Å². The van der Waals surface area contributed by atoms with Gasteiger partial charge in [0, 0.05) is 23.8 Å². The number of halogens is 2. The average Bonchev–Trinajstić information content (AvgIpc) is 3.10. The third-order valence-electron chi connectivity index (χ3n) is 5.66. The van der Waals surface area contributed by atoms with E-state index in [0.717, 1.165) is 34.4 Å². The molecule has 0 saturated carbocycles. The molecule has 0 saturated heterocycles. The van der Waals surface area contributed by atoms with E-state index in [1.807, 2.05) is 55.5 Å². The van der Waals surface area contributed by atoms with E-state index in [2.05, 4.69) is 10.1 Å². The van der Waals surface area contributed by atoms with E-state index in [1.54, 1.807) is 10.6 Å². The molecule has 2 aromatic heterocycles. The summed E-state index contributed by atoms with van der Waals surface area (Å²) >= 11 is 0. The van der Waals surface area contributed by atoms with Crippen LogP contribution in [0.3, 0.4) is 0 Å². The van der Waals surface area contributed by atoms with Crippen LogP contribution in [0.1, 0.15) is 16.7 Å². The summed E-state index contributed by atoms with van der Waals surface area (Å²) in [6.07, 6.45) is 0. The minimum absolute atomic E-state index is 0.162. The normalized spacial score (nSPS) is 11.3. The highest BCUT2D eigenvalue weighted by molar-refractivity contribution is 5.78. The first-order valence-electron chi connectivity index (χ1n) is 10.7. The SMILES string of the molecule is Cc1cccc(Cn2nc(-c3cccc(Cn4c(N)nc5cc(F)c(F)cc54)c3)ccc2=O)c1. The van der Waals surface area contributed by atoms with Crippen LogP contribution in [0.25, 0.3) is 22.3 Å². The number of aromatic nitrogens is 4. The molecule has 0 unspecified atom stereocenters. The van der Waals surface area contributed by atoms with Gasteiger partial charge in [0.05, 0.1) is 29.8 Å². The van der Waals surface area contributed by atoms with Crippen molar-refractivity contribution in [3.63, 3.8) is 0 Å². The van der Waals surface area contributed by atoms with Crippen LogP contribution in [-0.2, 0) is 13.1 Å². The highest BCUT2D eigenvalue weighted by Crippen LogP contribution is 2.24. The molecule has 3 aromatic carbocycles. The Balaban J connectivity index is 1.47. The van der Waals surface area contributed by atoms with Gasteiger partial charge >= 0.3 is 0 Å². The summed E-state index contributed by atoms with van der Waals surface area (Å²) in [5.74, 6) is -1.76. The number of nitrogens with two attached hydrogens (primary N) is 1. The van der Waals surface area contributed by atoms with Gasteiger partial charge in [-0.15, -0.1) is 0 Å². The van der Waals surface area contributed by atoms with Gasteiger partial charge in [-0.25, -0.2) is 18.4 Å². The van der Waals surface area contributed by atoms with Crippen molar-refractivity contribution in [3.8, 4) is 11.3 Å². The molecule has 8 heteroatoms. The number of benzene rings is 3. The molecule has 5 aromatic rings. The quantitative estimate of drug-likeness (QED) is 0.421. The second kappa shape index (κ2) is 8.55. The van der Waals surface area contributed by atoms with E-state index in [0.29, 0.717) is 24.3 Å². The van der Waals surface area contributed by atoms with Crippen molar-refractivity contribution in [1.29, 1.82) is 0 Å². The van der Waals surface area contributed by atoms with Gasteiger partial charge in [-0.3, -0.25) is 4.79 Å². The summed E-state index contributed by atoms with van der Waals surface area (Å²) in [6.45, 7) is 2.68. The van der Waals surface area contributed by atoms with Gasteiger partial charge < -0.3 is 10.3 Å². The maximum absolute atomic E-state index is 13.8. The Labute approximate surface area is 193 Å². The van der Waals surface area contributed by atoms with Gasteiger partial charge in [0.1, 0.15) is 0 Å². The standard InChI is InChI=1S/C26H21F2N5O/c1-16-4-2-5-17(10-16)15-33-25(34)9-8-22(31-33)19-7-3-6-18(11-19)14-32-24-13-21(28)20(27)12-23(24)30-26(32)29/h2-13H,14-15H2,1H3,(H2,29,30). The van der Waals surface area contributed by atoms with Crippen molar-refractivity contribution in [2.45, 2.75) is 20.0 Å². The Morgan fingerprint density at radius 2 is 1.62 bits per heavy atom. The molecule has 0 amide bonds.